The third-order valence-electron chi connectivity index (χ3n) is 1.92. The van der Waals surface area contributed by atoms with Crippen LogP contribution in [0.25, 0.3) is 0 Å². The van der Waals surface area contributed by atoms with E-state index in [9.17, 15) is 4.79 Å². The van der Waals surface area contributed by atoms with E-state index in [1.165, 1.54) is 16.3 Å². The Morgan fingerprint density at radius 1 is 1.80 bits per heavy atom. The smallest absolute Gasteiger partial charge is 0.304 e. The van der Waals surface area contributed by atoms with E-state index in [-0.39, 0.29) is 11.7 Å². The number of aromatic nitrogens is 3. The Kier molecular flexibility index (Phi) is 4.39. The molecule has 15 heavy (non-hydrogen) atoms. The minimum Gasteiger partial charge on any atom is -0.304 e. The molecule has 82 valence electrons. The standard InChI is InChI=1S/C8H13N5OS/c1-3-13-7(14)11-12-8(13)15-5-6(4-9)10-2/h6,10H,3,5H2,1-2H3,(H,11,14). The van der Waals surface area contributed by atoms with Gasteiger partial charge in [-0.25, -0.2) is 9.89 Å². The van der Waals surface area contributed by atoms with E-state index in [0.29, 0.717) is 17.5 Å². The molecule has 0 radical (unpaired) electrons. The summed E-state index contributed by atoms with van der Waals surface area (Å²) >= 11 is 1.39. The zero-order chi connectivity index (χ0) is 11.3. The number of thioether (sulfide) groups is 1. The fraction of sp³-hybridized carbons (Fsp3) is 0.625. The van der Waals surface area contributed by atoms with Gasteiger partial charge >= 0.3 is 5.69 Å². The van der Waals surface area contributed by atoms with Crippen molar-refractivity contribution in [2.24, 2.45) is 0 Å². The molecule has 2 N–H and O–H groups in total. The summed E-state index contributed by atoms with van der Waals surface area (Å²) in [6.45, 7) is 2.45. The number of nitrogens with one attached hydrogen (secondary N) is 2. The summed E-state index contributed by atoms with van der Waals surface area (Å²) in [5.74, 6) is 0.567. The van der Waals surface area contributed by atoms with Gasteiger partial charge < -0.3 is 5.32 Å². The van der Waals surface area contributed by atoms with Crippen molar-refractivity contribution in [1.29, 1.82) is 5.26 Å². The second-order valence-electron chi connectivity index (χ2n) is 2.84. The Balaban J connectivity index is 2.66. The van der Waals surface area contributed by atoms with Crippen molar-refractivity contribution in [3.8, 4) is 6.07 Å². The van der Waals surface area contributed by atoms with Crippen molar-refractivity contribution in [2.75, 3.05) is 12.8 Å². The Bertz CT molecular complexity index is 404. The number of hydrogen-bond donors (Lipinski definition) is 2. The summed E-state index contributed by atoms with van der Waals surface area (Å²) in [4.78, 5) is 11.2. The van der Waals surface area contributed by atoms with Crippen LogP contribution in [0, 0.1) is 11.3 Å². The van der Waals surface area contributed by atoms with Crippen molar-refractivity contribution >= 4 is 11.8 Å². The minimum absolute atomic E-state index is 0.210. The molecule has 1 rings (SSSR count). The van der Waals surface area contributed by atoms with Gasteiger partial charge in [0.1, 0.15) is 6.04 Å². The molecule has 0 spiro atoms. The average molecular weight is 227 g/mol. The minimum atomic E-state index is -0.230. The summed E-state index contributed by atoms with van der Waals surface area (Å²) in [6, 6.07) is 1.88. The molecule has 0 fully saturated rings. The van der Waals surface area contributed by atoms with Gasteiger partial charge in [-0.15, -0.1) is 5.10 Å². The van der Waals surface area contributed by atoms with Crippen LogP contribution in [0.2, 0.25) is 0 Å². The molecular weight excluding hydrogens is 214 g/mol. The molecule has 1 aromatic heterocycles. The van der Waals surface area contributed by atoms with Gasteiger partial charge in [-0.2, -0.15) is 5.26 Å². The SMILES string of the molecule is CCn1c(SCC(C#N)NC)n[nH]c1=O. The third-order valence-corrected chi connectivity index (χ3v) is 2.99. The summed E-state index contributed by atoms with van der Waals surface area (Å²) in [7, 11) is 1.73. The maximum Gasteiger partial charge on any atom is 0.343 e. The Morgan fingerprint density at radius 2 is 2.53 bits per heavy atom. The summed E-state index contributed by atoms with van der Waals surface area (Å²) in [6.07, 6.45) is 0. The zero-order valence-corrected chi connectivity index (χ0v) is 9.47. The Hall–Kier alpha value is -1.26. The predicted molar refractivity (Wildman–Crippen MR) is 57.7 cm³/mol. The lowest BCUT2D eigenvalue weighted by Gasteiger charge is -2.06. The zero-order valence-electron chi connectivity index (χ0n) is 8.65. The van der Waals surface area contributed by atoms with E-state index in [2.05, 4.69) is 21.6 Å². The molecule has 0 amide bonds. The van der Waals surface area contributed by atoms with E-state index in [0.717, 1.165) is 0 Å². The predicted octanol–water partition coefficient (Wildman–Crippen LogP) is -0.205. The van der Waals surface area contributed by atoms with E-state index < -0.39 is 0 Å². The highest BCUT2D eigenvalue weighted by Gasteiger charge is 2.10. The molecule has 1 unspecified atom stereocenters. The van der Waals surface area contributed by atoms with Crippen LogP contribution in [0.1, 0.15) is 6.92 Å². The van der Waals surface area contributed by atoms with Gasteiger partial charge in [0.15, 0.2) is 5.16 Å². The third kappa shape index (κ3) is 2.84. The first-order valence-electron chi connectivity index (χ1n) is 4.57. The molecule has 1 heterocycles. The van der Waals surface area contributed by atoms with Crippen molar-refractivity contribution in [1.82, 2.24) is 20.1 Å². The number of H-pyrrole nitrogens is 1. The van der Waals surface area contributed by atoms with Gasteiger partial charge in [0.2, 0.25) is 0 Å². The van der Waals surface area contributed by atoms with E-state index >= 15 is 0 Å². The highest BCUT2D eigenvalue weighted by Crippen LogP contribution is 2.13. The fourth-order valence-electron chi connectivity index (χ4n) is 1.04. The maximum absolute atomic E-state index is 11.2. The van der Waals surface area contributed by atoms with Crippen LogP contribution >= 0.6 is 11.8 Å². The molecular formula is C8H13N5OS. The van der Waals surface area contributed by atoms with Crippen molar-refractivity contribution < 1.29 is 0 Å². The molecule has 0 aliphatic rings. The van der Waals surface area contributed by atoms with Crippen molar-refractivity contribution in [3.63, 3.8) is 0 Å². The first kappa shape index (κ1) is 11.8. The number of nitrogens with zero attached hydrogens (tertiary/aromatic N) is 3. The number of aromatic amines is 1. The highest BCUT2D eigenvalue weighted by atomic mass is 32.2. The quantitative estimate of drug-likeness (QED) is 0.680. The first-order chi connectivity index (χ1) is 7.22. The Morgan fingerprint density at radius 3 is 3.07 bits per heavy atom. The largest absolute Gasteiger partial charge is 0.343 e. The molecule has 0 aliphatic heterocycles. The molecule has 7 heteroatoms. The molecule has 0 saturated heterocycles. The van der Waals surface area contributed by atoms with Crippen LogP contribution < -0.4 is 11.0 Å². The number of rotatable bonds is 5. The maximum atomic E-state index is 11.2. The molecule has 1 aromatic rings. The molecule has 0 bridgehead atoms. The second-order valence-corrected chi connectivity index (χ2v) is 3.82. The summed E-state index contributed by atoms with van der Waals surface area (Å²) in [5.41, 5.74) is -0.210. The van der Waals surface area contributed by atoms with Crippen LogP contribution in [-0.2, 0) is 6.54 Å². The topological polar surface area (TPSA) is 86.5 Å². The summed E-state index contributed by atoms with van der Waals surface area (Å²) in [5, 5.41) is 18.5. The second kappa shape index (κ2) is 5.58. The highest BCUT2D eigenvalue weighted by molar-refractivity contribution is 7.99. The van der Waals surface area contributed by atoms with Gasteiger partial charge in [0.05, 0.1) is 6.07 Å². The van der Waals surface area contributed by atoms with Crippen LogP contribution in [0.3, 0.4) is 0 Å². The van der Waals surface area contributed by atoms with Gasteiger partial charge in [-0.3, -0.25) is 4.57 Å². The molecule has 0 saturated carbocycles. The average Bonchev–Trinajstić information content (AvgIpc) is 2.61. The van der Waals surface area contributed by atoms with Gasteiger partial charge in [-0.05, 0) is 14.0 Å². The lowest BCUT2D eigenvalue weighted by molar-refractivity contribution is 0.658. The molecule has 0 aliphatic carbocycles. The normalized spacial score (nSPS) is 12.3. The van der Waals surface area contributed by atoms with E-state index in [4.69, 9.17) is 5.26 Å². The van der Waals surface area contributed by atoms with Crippen LogP contribution in [0.5, 0.6) is 0 Å². The number of hydrogen-bond acceptors (Lipinski definition) is 5. The van der Waals surface area contributed by atoms with Gasteiger partial charge in [0.25, 0.3) is 0 Å². The molecule has 1 atom stereocenters. The Labute approximate surface area is 91.7 Å². The van der Waals surface area contributed by atoms with Crippen molar-refractivity contribution in [2.45, 2.75) is 24.7 Å². The monoisotopic (exact) mass is 227 g/mol. The van der Waals surface area contributed by atoms with Gasteiger partial charge in [-0.1, -0.05) is 11.8 Å². The van der Waals surface area contributed by atoms with Crippen LogP contribution in [0.15, 0.2) is 9.95 Å². The fourth-order valence-corrected chi connectivity index (χ4v) is 2.07. The van der Waals surface area contributed by atoms with E-state index in [1.807, 2.05) is 6.92 Å². The van der Waals surface area contributed by atoms with Crippen LogP contribution in [-0.4, -0.2) is 33.6 Å². The van der Waals surface area contributed by atoms with Crippen LogP contribution in [0.4, 0.5) is 0 Å². The molecule has 6 nitrogen and oxygen atoms in total. The van der Waals surface area contributed by atoms with Crippen molar-refractivity contribution in [3.05, 3.63) is 10.5 Å². The first-order valence-corrected chi connectivity index (χ1v) is 5.56. The lowest BCUT2D eigenvalue weighted by atomic mass is 10.4. The lowest BCUT2D eigenvalue weighted by Crippen LogP contribution is -2.26. The summed E-state index contributed by atoms with van der Waals surface area (Å²) < 4.78 is 1.54. The molecule has 0 aromatic carbocycles. The van der Waals surface area contributed by atoms with Gasteiger partial charge in [0, 0.05) is 12.3 Å². The van der Waals surface area contributed by atoms with E-state index in [1.54, 1.807) is 7.05 Å². The number of nitriles is 1.